The number of amides is 3. The van der Waals surface area contributed by atoms with Crippen molar-refractivity contribution in [1.29, 1.82) is 0 Å². The van der Waals surface area contributed by atoms with Gasteiger partial charge in [0.1, 0.15) is 6.61 Å². The van der Waals surface area contributed by atoms with E-state index in [9.17, 15) is 9.59 Å². The van der Waals surface area contributed by atoms with Crippen LogP contribution in [0.3, 0.4) is 0 Å². The zero-order chi connectivity index (χ0) is 19.2. The summed E-state index contributed by atoms with van der Waals surface area (Å²) >= 11 is 0. The van der Waals surface area contributed by atoms with E-state index in [4.69, 9.17) is 4.74 Å². The second-order valence-electron chi connectivity index (χ2n) is 6.88. The maximum absolute atomic E-state index is 12.2. The number of urea groups is 1. The van der Waals surface area contributed by atoms with Crippen molar-refractivity contribution < 1.29 is 14.3 Å². The van der Waals surface area contributed by atoms with Crippen molar-refractivity contribution >= 4 is 23.3 Å². The molecular formula is C21H25N3O3. The van der Waals surface area contributed by atoms with Crippen molar-refractivity contribution in [2.45, 2.75) is 25.9 Å². The number of para-hydroxylation sites is 1. The van der Waals surface area contributed by atoms with Crippen LogP contribution in [0.5, 0.6) is 0 Å². The Morgan fingerprint density at radius 1 is 1.15 bits per heavy atom. The molecule has 1 unspecified atom stereocenters. The minimum Gasteiger partial charge on any atom is -0.365 e. The van der Waals surface area contributed by atoms with Crippen molar-refractivity contribution in [3.8, 4) is 0 Å². The van der Waals surface area contributed by atoms with E-state index in [1.165, 1.54) is 5.56 Å². The molecule has 3 amide bonds. The highest BCUT2D eigenvalue weighted by atomic mass is 16.5. The summed E-state index contributed by atoms with van der Waals surface area (Å²) in [5.41, 5.74) is 2.81. The summed E-state index contributed by atoms with van der Waals surface area (Å²) in [5.74, 6) is 0.372. The third-order valence-electron chi connectivity index (χ3n) is 4.52. The molecule has 6 heteroatoms. The standard InChI is InChI=1S/C21H25N3O3/c1-15(2)16-8-10-18(11-9-16)24-13-19(27-14-20(24)25)12-22-21(26)23-17-6-4-3-5-7-17/h3-11,15,19H,12-14H2,1-2H3,(H2,22,23,26). The Morgan fingerprint density at radius 2 is 1.85 bits per heavy atom. The van der Waals surface area contributed by atoms with Gasteiger partial charge in [-0.25, -0.2) is 4.79 Å². The van der Waals surface area contributed by atoms with E-state index >= 15 is 0 Å². The van der Waals surface area contributed by atoms with Crippen LogP contribution in [0.25, 0.3) is 0 Å². The highest BCUT2D eigenvalue weighted by Gasteiger charge is 2.27. The molecule has 27 heavy (non-hydrogen) atoms. The minimum absolute atomic E-state index is 0.0125. The highest BCUT2D eigenvalue weighted by Crippen LogP contribution is 2.22. The molecule has 1 heterocycles. The van der Waals surface area contributed by atoms with Crippen molar-refractivity contribution in [1.82, 2.24) is 5.32 Å². The van der Waals surface area contributed by atoms with E-state index < -0.39 is 0 Å². The third-order valence-corrected chi connectivity index (χ3v) is 4.52. The van der Waals surface area contributed by atoms with Gasteiger partial charge in [0, 0.05) is 17.9 Å². The number of morpholine rings is 1. The molecule has 1 atom stereocenters. The Morgan fingerprint density at radius 3 is 2.52 bits per heavy atom. The number of ether oxygens (including phenoxy) is 1. The molecule has 0 radical (unpaired) electrons. The summed E-state index contributed by atoms with van der Waals surface area (Å²) in [6, 6.07) is 17.0. The van der Waals surface area contributed by atoms with Crippen LogP contribution in [0.2, 0.25) is 0 Å². The van der Waals surface area contributed by atoms with Crippen molar-refractivity contribution in [2.75, 3.05) is 29.9 Å². The quantitative estimate of drug-likeness (QED) is 0.851. The van der Waals surface area contributed by atoms with Crippen LogP contribution in [0, 0.1) is 0 Å². The van der Waals surface area contributed by atoms with E-state index in [1.807, 2.05) is 54.6 Å². The average molecular weight is 367 g/mol. The molecule has 1 aliphatic heterocycles. The first kappa shape index (κ1) is 18.9. The normalized spacial score (nSPS) is 17.1. The molecule has 2 N–H and O–H groups in total. The average Bonchev–Trinajstić information content (AvgIpc) is 2.68. The largest absolute Gasteiger partial charge is 0.365 e. The lowest BCUT2D eigenvalue weighted by Crippen LogP contribution is -2.51. The maximum atomic E-state index is 12.2. The molecule has 0 aromatic heterocycles. The van der Waals surface area contributed by atoms with E-state index in [0.717, 1.165) is 11.4 Å². The second-order valence-corrected chi connectivity index (χ2v) is 6.88. The first-order valence-corrected chi connectivity index (χ1v) is 9.15. The van der Waals surface area contributed by atoms with Gasteiger partial charge in [-0.3, -0.25) is 4.79 Å². The third kappa shape index (κ3) is 5.08. The maximum Gasteiger partial charge on any atom is 0.319 e. The molecule has 1 fully saturated rings. The van der Waals surface area contributed by atoms with Gasteiger partial charge in [0.25, 0.3) is 5.91 Å². The van der Waals surface area contributed by atoms with E-state index in [1.54, 1.807) is 4.90 Å². The van der Waals surface area contributed by atoms with Crippen LogP contribution >= 0.6 is 0 Å². The Bertz CT molecular complexity index is 775. The van der Waals surface area contributed by atoms with Crippen LogP contribution in [0.15, 0.2) is 54.6 Å². The van der Waals surface area contributed by atoms with Gasteiger partial charge in [0.05, 0.1) is 12.6 Å². The molecular weight excluding hydrogens is 342 g/mol. The zero-order valence-corrected chi connectivity index (χ0v) is 15.6. The van der Waals surface area contributed by atoms with Crippen LogP contribution in [-0.2, 0) is 9.53 Å². The Hall–Kier alpha value is -2.86. The number of hydrogen-bond donors (Lipinski definition) is 2. The molecule has 142 valence electrons. The Labute approximate surface area is 159 Å². The van der Waals surface area contributed by atoms with Crippen LogP contribution in [0.4, 0.5) is 16.2 Å². The number of carbonyl (C=O) groups excluding carboxylic acids is 2. The lowest BCUT2D eigenvalue weighted by Gasteiger charge is -2.33. The van der Waals surface area contributed by atoms with Crippen molar-refractivity contribution in [2.24, 2.45) is 0 Å². The minimum atomic E-state index is -0.297. The topological polar surface area (TPSA) is 70.7 Å². The lowest BCUT2D eigenvalue weighted by molar-refractivity contribution is -0.129. The van der Waals surface area contributed by atoms with Gasteiger partial charge in [-0.2, -0.15) is 0 Å². The number of hydrogen-bond acceptors (Lipinski definition) is 3. The molecule has 3 rings (SSSR count). The molecule has 2 aromatic carbocycles. The summed E-state index contributed by atoms with van der Waals surface area (Å²) < 4.78 is 5.57. The first-order valence-electron chi connectivity index (χ1n) is 9.15. The van der Waals surface area contributed by atoms with Gasteiger partial charge >= 0.3 is 6.03 Å². The molecule has 0 aliphatic carbocycles. The van der Waals surface area contributed by atoms with Gasteiger partial charge in [0.15, 0.2) is 0 Å². The van der Waals surface area contributed by atoms with Gasteiger partial charge in [-0.1, -0.05) is 44.2 Å². The molecule has 1 saturated heterocycles. The summed E-state index contributed by atoms with van der Waals surface area (Å²) in [6.45, 7) is 5.02. The lowest BCUT2D eigenvalue weighted by atomic mass is 10.0. The SMILES string of the molecule is CC(C)c1ccc(N2CC(CNC(=O)Nc3ccccc3)OCC2=O)cc1. The van der Waals surface area contributed by atoms with Crippen molar-refractivity contribution in [3.05, 3.63) is 60.2 Å². The summed E-state index contributed by atoms with van der Waals surface area (Å²) in [7, 11) is 0. The van der Waals surface area contributed by atoms with Crippen LogP contribution < -0.4 is 15.5 Å². The van der Waals surface area contributed by atoms with Crippen molar-refractivity contribution in [3.63, 3.8) is 0 Å². The summed E-state index contributed by atoms with van der Waals surface area (Å²) in [5, 5.41) is 5.56. The Kier molecular flexibility index (Phi) is 6.08. The predicted molar refractivity (Wildman–Crippen MR) is 106 cm³/mol. The monoisotopic (exact) mass is 367 g/mol. The molecule has 0 saturated carbocycles. The molecule has 2 aromatic rings. The number of benzene rings is 2. The molecule has 0 bridgehead atoms. The fourth-order valence-electron chi connectivity index (χ4n) is 2.94. The number of nitrogens with one attached hydrogen (secondary N) is 2. The number of carbonyl (C=O) groups is 2. The fraction of sp³-hybridized carbons (Fsp3) is 0.333. The van der Waals surface area contributed by atoms with E-state index in [-0.39, 0.29) is 24.6 Å². The van der Waals surface area contributed by atoms with Gasteiger partial charge in [-0.05, 0) is 35.7 Å². The molecule has 6 nitrogen and oxygen atoms in total. The first-order chi connectivity index (χ1) is 13.0. The zero-order valence-electron chi connectivity index (χ0n) is 15.6. The van der Waals surface area contributed by atoms with E-state index in [2.05, 4.69) is 24.5 Å². The summed E-state index contributed by atoms with van der Waals surface area (Å²) in [6.07, 6.45) is -0.256. The smallest absolute Gasteiger partial charge is 0.319 e. The number of nitrogens with zero attached hydrogens (tertiary/aromatic N) is 1. The predicted octanol–water partition coefficient (Wildman–Crippen LogP) is 3.36. The van der Waals surface area contributed by atoms with Gasteiger partial charge < -0.3 is 20.3 Å². The molecule has 1 aliphatic rings. The van der Waals surface area contributed by atoms with Gasteiger partial charge in [-0.15, -0.1) is 0 Å². The highest BCUT2D eigenvalue weighted by molar-refractivity contribution is 5.95. The summed E-state index contributed by atoms with van der Waals surface area (Å²) in [4.78, 5) is 26.0. The number of anilines is 2. The fourth-order valence-corrected chi connectivity index (χ4v) is 2.94. The van der Waals surface area contributed by atoms with E-state index in [0.29, 0.717) is 19.0 Å². The second kappa shape index (κ2) is 8.68. The number of rotatable bonds is 5. The Balaban J connectivity index is 1.55. The molecule has 0 spiro atoms. The van der Waals surface area contributed by atoms with Gasteiger partial charge in [0.2, 0.25) is 0 Å². The van der Waals surface area contributed by atoms with Crippen LogP contribution in [0.1, 0.15) is 25.3 Å². The van der Waals surface area contributed by atoms with Crippen LogP contribution in [-0.4, -0.2) is 37.7 Å².